The number of tetrazole rings is 1. The fraction of sp³-hybridized carbons (Fsp3) is 0.350. The number of hydrogen-bond donors (Lipinski definition) is 1. The molecule has 1 atom stereocenters. The van der Waals surface area contributed by atoms with Gasteiger partial charge in [0.05, 0.1) is 11.5 Å². The van der Waals surface area contributed by atoms with E-state index in [1.165, 1.54) is 40.0 Å². The Morgan fingerprint density at radius 3 is 2.78 bits per heavy atom. The molecule has 2 aromatic heterocycles. The zero-order valence-corrected chi connectivity index (χ0v) is 17.0. The van der Waals surface area contributed by atoms with Crippen molar-refractivity contribution in [1.29, 1.82) is 0 Å². The molecule has 12 heteroatoms. The molecule has 1 amide bonds. The standard InChI is InChI=1S/C20H19F4N7O/c1-12-27-28-29-31(12)17-10-14(6-7-16(17)21)26-19(32)13-4-3-9-30(11-13)18-15(20(22,23)24)5-2-8-25-18/h2,5-8,10,13H,3-4,9,11H2,1H3,(H,26,32). The second-order valence-corrected chi connectivity index (χ2v) is 7.45. The first-order chi connectivity index (χ1) is 15.2. The molecule has 1 saturated heterocycles. The fourth-order valence-corrected chi connectivity index (χ4v) is 3.71. The van der Waals surface area contributed by atoms with Gasteiger partial charge in [-0.25, -0.2) is 9.37 Å². The molecule has 1 N–H and O–H groups in total. The lowest BCUT2D eigenvalue weighted by Crippen LogP contribution is -2.42. The van der Waals surface area contributed by atoms with Crippen molar-refractivity contribution in [1.82, 2.24) is 25.2 Å². The van der Waals surface area contributed by atoms with E-state index in [9.17, 15) is 22.4 Å². The van der Waals surface area contributed by atoms with Gasteiger partial charge in [0.15, 0.2) is 5.82 Å². The van der Waals surface area contributed by atoms with E-state index in [4.69, 9.17) is 0 Å². The summed E-state index contributed by atoms with van der Waals surface area (Å²) >= 11 is 0. The summed E-state index contributed by atoms with van der Waals surface area (Å²) in [7, 11) is 0. The largest absolute Gasteiger partial charge is 0.419 e. The zero-order valence-electron chi connectivity index (χ0n) is 17.0. The Morgan fingerprint density at radius 2 is 2.06 bits per heavy atom. The molecule has 0 radical (unpaired) electrons. The number of rotatable bonds is 4. The number of nitrogens with zero attached hydrogens (tertiary/aromatic N) is 6. The molecule has 168 valence electrons. The van der Waals surface area contributed by atoms with Crippen LogP contribution in [0, 0.1) is 18.7 Å². The molecule has 1 aliphatic heterocycles. The van der Waals surface area contributed by atoms with Gasteiger partial charge in [-0.2, -0.15) is 17.9 Å². The van der Waals surface area contributed by atoms with Crippen molar-refractivity contribution >= 4 is 17.4 Å². The van der Waals surface area contributed by atoms with Crippen LogP contribution in [0.1, 0.15) is 24.2 Å². The highest BCUT2D eigenvalue weighted by Crippen LogP contribution is 2.36. The Kier molecular flexibility index (Phi) is 5.76. The predicted molar refractivity (Wildman–Crippen MR) is 107 cm³/mol. The first kappa shape index (κ1) is 21.7. The Bertz CT molecular complexity index is 1130. The molecule has 1 aromatic carbocycles. The molecule has 3 aromatic rings. The van der Waals surface area contributed by atoms with Crippen molar-refractivity contribution in [2.24, 2.45) is 5.92 Å². The van der Waals surface area contributed by atoms with Gasteiger partial charge in [-0.05, 0) is 60.5 Å². The van der Waals surface area contributed by atoms with Crippen LogP contribution in [-0.2, 0) is 11.0 Å². The molecular formula is C20H19F4N7O. The van der Waals surface area contributed by atoms with E-state index in [1.54, 1.807) is 6.92 Å². The number of carbonyl (C=O) groups is 1. The third kappa shape index (κ3) is 4.39. The van der Waals surface area contributed by atoms with Gasteiger partial charge < -0.3 is 10.2 Å². The van der Waals surface area contributed by atoms with Crippen molar-refractivity contribution in [3.8, 4) is 5.69 Å². The first-order valence-electron chi connectivity index (χ1n) is 9.87. The SMILES string of the molecule is Cc1nnnn1-c1cc(NC(=O)C2CCCN(c3ncccc3C(F)(F)F)C2)ccc1F. The van der Waals surface area contributed by atoms with Crippen molar-refractivity contribution in [2.75, 3.05) is 23.3 Å². The Labute approximate surface area is 180 Å². The summed E-state index contributed by atoms with van der Waals surface area (Å²) in [5, 5.41) is 13.6. The molecule has 4 rings (SSSR count). The van der Waals surface area contributed by atoms with Crippen LogP contribution >= 0.6 is 0 Å². The first-order valence-corrected chi connectivity index (χ1v) is 9.87. The maximum Gasteiger partial charge on any atom is 0.419 e. The van der Waals surface area contributed by atoms with Crippen molar-refractivity contribution in [3.05, 3.63) is 53.7 Å². The van der Waals surface area contributed by atoms with Gasteiger partial charge >= 0.3 is 6.18 Å². The minimum atomic E-state index is -4.54. The predicted octanol–water partition coefficient (Wildman–Crippen LogP) is 3.38. The van der Waals surface area contributed by atoms with E-state index in [0.29, 0.717) is 30.9 Å². The second kappa shape index (κ2) is 8.52. The minimum Gasteiger partial charge on any atom is -0.355 e. The van der Waals surface area contributed by atoms with Crippen LogP contribution in [0.15, 0.2) is 36.5 Å². The number of nitrogens with one attached hydrogen (secondary N) is 1. The van der Waals surface area contributed by atoms with E-state index in [2.05, 4.69) is 25.8 Å². The monoisotopic (exact) mass is 449 g/mol. The molecule has 8 nitrogen and oxygen atoms in total. The maximum absolute atomic E-state index is 14.2. The molecule has 1 aliphatic rings. The molecule has 0 aliphatic carbocycles. The molecule has 3 heterocycles. The van der Waals surface area contributed by atoms with Gasteiger partial charge in [0.2, 0.25) is 5.91 Å². The van der Waals surface area contributed by atoms with Crippen LogP contribution in [0.3, 0.4) is 0 Å². The average molecular weight is 449 g/mol. The number of halogens is 4. The molecular weight excluding hydrogens is 430 g/mol. The number of amides is 1. The molecule has 0 spiro atoms. The van der Waals surface area contributed by atoms with Crippen LogP contribution in [0.5, 0.6) is 0 Å². The van der Waals surface area contributed by atoms with E-state index in [1.807, 2.05) is 0 Å². The number of benzene rings is 1. The van der Waals surface area contributed by atoms with E-state index >= 15 is 0 Å². The van der Waals surface area contributed by atoms with Gasteiger partial charge in [-0.3, -0.25) is 4.79 Å². The lowest BCUT2D eigenvalue weighted by atomic mass is 9.96. The van der Waals surface area contributed by atoms with Crippen molar-refractivity contribution < 1.29 is 22.4 Å². The van der Waals surface area contributed by atoms with Crippen LogP contribution in [0.4, 0.5) is 29.1 Å². The molecule has 1 unspecified atom stereocenters. The second-order valence-electron chi connectivity index (χ2n) is 7.45. The summed E-state index contributed by atoms with van der Waals surface area (Å²) in [6, 6.07) is 6.20. The van der Waals surface area contributed by atoms with Crippen molar-refractivity contribution in [2.45, 2.75) is 25.9 Å². The Morgan fingerprint density at radius 1 is 1.25 bits per heavy atom. The smallest absolute Gasteiger partial charge is 0.355 e. The van der Waals surface area contributed by atoms with Crippen molar-refractivity contribution in [3.63, 3.8) is 0 Å². The third-order valence-electron chi connectivity index (χ3n) is 5.25. The highest BCUT2D eigenvalue weighted by Gasteiger charge is 2.37. The number of anilines is 2. The van der Waals surface area contributed by atoms with Gasteiger partial charge in [0.25, 0.3) is 0 Å². The number of aryl methyl sites for hydroxylation is 1. The number of hydrogen-bond acceptors (Lipinski definition) is 6. The number of piperidine rings is 1. The van der Waals surface area contributed by atoms with Gasteiger partial charge in [0.1, 0.15) is 17.3 Å². The number of pyridine rings is 1. The number of aromatic nitrogens is 5. The molecule has 1 fully saturated rings. The highest BCUT2D eigenvalue weighted by molar-refractivity contribution is 5.93. The zero-order chi connectivity index (χ0) is 22.9. The molecule has 32 heavy (non-hydrogen) atoms. The summed E-state index contributed by atoms with van der Waals surface area (Å²) < 4.78 is 55.6. The molecule has 0 bridgehead atoms. The lowest BCUT2D eigenvalue weighted by molar-refractivity contribution is -0.137. The molecule has 0 saturated carbocycles. The van der Waals surface area contributed by atoms with Crippen LogP contribution in [0.2, 0.25) is 0 Å². The maximum atomic E-state index is 14.2. The van der Waals surface area contributed by atoms with Crippen LogP contribution in [-0.4, -0.2) is 44.2 Å². The van der Waals surface area contributed by atoms with E-state index in [-0.39, 0.29) is 24.0 Å². The normalized spacial score (nSPS) is 16.8. The van der Waals surface area contributed by atoms with Crippen LogP contribution < -0.4 is 10.2 Å². The summed E-state index contributed by atoms with van der Waals surface area (Å²) in [6.07, 6.45) is -2.20. The van der Waals surface area contributed by atoms with Gasteiger partial charge in [-0.1, -0.05) is 0 Å². The lowest BCUT2D eigenvalue weighted by Gasteiger charge is -2.34. The number of carbonyl (C=O) groups excluding carboxylic acids is 1. The summed E-state index contributed by atoms with van der Waals surface area (Å²) in [5.74, 6) is -1.32. The Balaban J connectivity index is 1.51. The van der Waals surface area contributed by atoms with Crippen LogP contribution in [0.25, 0.3) is 5.69 Å². The number of alkyl halides is 3. The summed E-state index contributed by atoms with van der Waals surface area (Å²) in [5.41, 5.74) is -0.438. The third-order valence-corrected chi connectivity index (χ3v) is 5.25. The minimum absolute atomic E-state index is 0.0684. The van der Waals surface area contributed by atoms with E-state index < -0.39 is 23.5 Å². The summed E-state index contributed by atoms with van der Waals surface area (Å²) in [4.78, 5) is 18.3. The van der Waals surface area contributed by atoms with Gasteiger partial charge in [-0.15, -0.1) is 5.10 Å². The quantitative estimate of drug-likeness (QED) is 0.615. The summed E-state index contributed by atoms with van der Waals surface area (Å²) in [6.45, 7) is 2.06. The highest BCUT2D eigenvalue weighted by atomic mass is 19.4. The Hall–Kier alpha value is -3.57. The fourth-order valence-electron chi connectivity index (χ4n) is 3.71. The van der Waals surface area contributed by atoms with Gasteiger partial charge in [0, 0.05) is 25.0 Å². The average Bonchev–Trinajstić information content (AvgIpc) is 3.20. The topological polar surface area (TPSA) is 88.8 Å². The van der Waals surface area contributed by atoms with E-state index in [0.717, 1.165) is 6.07 Å².